The van der Waals surface area contributed by atoms with Crippen molar-refractivity contribution in [1.82, 2.24) is 4.98 Å². The molecule has 0 aliphatic carbocycles. The number of carboxylic acid groups (broad SMARTS) is 1. The Bertz CT molecular complexity index is 882. The highest BCUT2D eigenvalue weighted by Crippen LogP contribution is 2.31. The first-order valence-electron chi connectivity index (χ1n) is 8.38. The first kappa shape index (κ1) is 16.7. The van der Waals surface area contributed by atoms with Crippen LogP contribution in [0.25, 0.3) is 21.5 Å². The molecule has 0 saturated carbocycles. The largest absolute Gasteiger partial charge is 0.478 e. The van der Waals surface area contributed by atoms with Crippen molar-refractivity contribution < 1.29 is 9.90 Å². The standard InChI is InChI=1S/C20H21NO2S/c1-3-5-6-13-7-9-17-15(11-13)16(20(22)23)12-18(21-17)19-10-8-14(4-2)24-19/h7-12H,3-6H2,1-2H3,(H,22,23). The Morgan fingerprint density at radius 2 is 2.00 bits per heavy atom. The molecule has 24 heavy (non-hydrogen) atoms. The highest BCUT2D eigenvalue weighted by molar-refractivity contribution is 7.15. The summed E-state index contributed by atoms with van der Waals surface area (Å²) in [7, 11) is 0. The Morgan fingerprint density at radius 3 is 2.67 bits per heavy atom. The summed E-state index contributed by atoms with van der Waals surface area (Å²) in [5, 5.41) is 10.4. The molecule has 0 atom stereocenters. The number of unbranched alkanes of at least 4 members (excludes halogenated alkanes) is 1. The van der Waals surface area contributed by atoms with Crippen molar-refractivity contribution in [2.75, 3.05) is 0 Å². The van der Waals surface area contributed by atoms with Crippen LogP contribution in [0.2, 0.25) is 0 Å². The Morgan fingerprint density at radius 1 is 1.17 bits per heavy atom. The van der Waals surface area contributed by atoms with Crippen LogP contribution in [0.1, 0.15) is 47.5 Å². The number of carboxylic acids is 1. The highest BCUT2D eigenvalue weighted by atomic mass is 32.1. The molecule has 0 aliphatic rings. The summed E-state index contributed by atoms with van der Waals surface area (Å²) in [6, 6.07) is 11.8. The van der Waals surface area contributed by atoms with Gasteiger partial charge in [0.1, 0.15) is 0 Å². The molecule has 4 heteroatoms. The number of rotatable bonds is 6. The lowest BCUT2D eigenvalue weighted by Crippen LogP contribution is -2.00. The summed E-state index contributed by atoms with van der Waals surface area (Å²) < 4.78 is 0. The van der Waals surface area contributed by atoms with Crippen molar-refractivity contribution in [2.24, 2.45) is 0 Å². The SMILES string of the molecule is CCCCc1ccc2nc(-c3ccc(CC)s3)cc(C(=O)O)c2c1. The number of thiophene rings is 1. The molecule has 124 valence electrons. The Balaban J connectivity index is 2.12. The summed E-state index contributed by atoms with van der Waals surface area (Å²) in [6.07, 6.45) is 4.18. The van der Waals surface area contributed by atoms with Crippen molar-refractivity contribution >= 4 is 28.2 Å². The second kappa shape index (κ2) is 7.14. The topological polar surface area (TPSA) is 50.2 Å². The van der Waals surface area contributed by atoms with E-state index < -0.39 is 5.97 Å². The molecular weight excluding hydrogens is 318 g/mol. The molecule has 0 aliphatic heterocycles. The van der Waals surface area contributed by atoms with Crippen molar-refractivity contribution in [3.05, 3.63) is 52.4 Å². The van der Waals surface area contributed by atoms with E-state index in [9.17, 15) is 9.90 Å². The van der Waals surface area contributed by atoms with Gasteiger partial charge >= 0.3 is 5.97 Å². The highest BCUT2D eigenvalue weighted by Gasteiger charge is 2.14. The molecule has 0 fully saturated rings. The van der Waals surface area contributed by atoms with Gasteiger partial charge in [-0.15, -0.1) is 11.3 Å². The number of hydrogen-bond acceptors (Lipinski definition) is 3. The average Bonchev–Trinajstić information content (AvgIpc) is 3.07. The summed E-state index contributed by atoms with van der Waals surface area (Å²) in [5.41, 5.74) is 2.99. The van der Waals surface area contributed by atoms with E-state index in [0.29, 0.717) is 5.56 Å². The van der Waals surface area contributed by atoms with Crippen molar-refractivity contribution in [1.29, 1.82) is 0 Å². The second-order valence-corrected chi connectivity index (χ2v) is 7.10. The van der Waals surface area contributed by atoms with Gasteiger partial charge in [-0.05, 0) is 55.2 Å². The third kappa shape index (κ3) is 3.34. The lowest BCUT2D eigenvalue weighted by atomic mass is 10.0. The van der Waals surface area contributed by atoms with Gasteiger partial charge in [-0.2, -0.15) is 0 Å². The molecule has 1 aromatic carbocycles. The maximum absolute atomic E-state index is 11.8. The van der Waals surface area contributed by atoms with Gasteiger partial charge in [0, 0.05) is 10.3 Å². The summed E-state index contributed by atoms with van der Waals surface area (Å²) in [6.45, 7) is 4.27. The maximum Gasteiger partial charge on any atom is 0.336 e. The molecule has 0 saturated heterocycles. The smallest absolute Gasteiger partial charge is 0.336 e. The van der Waals surface area contributed by atoms with Gasteiger partial charge in [-0.3, -0.25) is 0 Å². The van der Waals surface area contributed by atoms with Crippen LogP contribution in [-0.2, 0) is 12.8 Å². The molecule has 0 unspecified atom stereocenters. The number of aromatic nitrogens is 1. The first-order valence-corrected chi connectivity index (χ1v) is 9.20. The van der Waals surface area contributed by atoms with Gasteiger partial charge in [0.05, 0.1) is 21.7 Å². The molecule has 0 spiro atoms. The van der Waals surface area contributed by atoms with Gasteiger partial charge in [-0.25, -0.2) is 9.78 Å². The van der Waals surface area contributed by atoms with Crippen LogP contribution in [0.5, 0.6) is 0 Å². The lowest BCUT2D eigenvalue weighted by molar-refractivity contribution is 0.0699. The lowest BCUT2D eigenvalue weighted by Gasteiger charge is -2.08. The van der Waals surface area contributed by atoms with E-state index in [-0.39, 0.29) is 0 Å². The van der Waals surface area contributed by atoms with Crippen LogP contribution >= 0.6 is 11.3 Å². The summed E-state index contributed by atoms with van der Waals surface area (Å²) in [4.78, 5) is 18.8. The molecule has 3 aromatic rings. The fourth-order valence-corrected chi connectivity index (χ4v) is 3.73. The van der Waals surface area contributed by atoms with E-state index in [4.69, 9.17) is 4.98 Å². The minimum Gasteiger partial charge on any atom is -0.478 e. The molecule has 0 radical (unpaired) electrons. The average molecular weight is 339 g/mol. The van der Waals surface area contributed by atoms with Crippen LogP contribution < -0.4 is 0 Å². The van der Waals surface area contributed by atoms with Crippen LogP contribution in [0.3, 0.4) is 0 Å². The number of nitrogens with zero attached hydrogens (tertiary/aromatic N) is 1. The van der Waals surface area contributed by atoms with Gasteiger partial charge in [0.15, 0.2) is 0 Å². The first-order chi connectivity index (χ1) is 11.6. The van der Waals surface area contributed by atoms with Gasteiger partial charge in [0.2, 0.25) is 0 Å². The molecule has 2 aromatic heterocycles. The van der Waals surface area contributed by atoms with Crippen molar-refractivity contribution in [3.8, 4) is 10.6 Å². The Kier molecular flexibility index (Phi) is 4.95. The number of hydrogen-bond donors (Lipinski definition) is 1. The summed E-state index contributed by atoms with van der Waals surface area (Å²) >= 11 is 1.67. The molecule has 2 heterocycles. The van der Waals surface area contributed by atoms with Crippen molar-refractivity contribution in [3.63, 3.8) is 0 Å². The van der Waals surface area contributed by atoms with Crippen LogP contribution in [0.15, 0.2) is 36.4 Å². The number of carbonyl (C=O) groups is 1. The maximum atomic E-state index is 11.8. The van der Waals surface area contributed by atoms with E-state index in [0.717, 1.165) is 47.2 Å². The molecular formula is C20H21NO2S. The number of aromatic carboxylic acids is 1. The predicted octanol–water partition coefficient (Wildman–Crippen LogP) is 5.57. The van der Waals surface area contributed by atoms with E-state index in [2.05, 4.69) is 26.0 Å². The fourth-order valence-electron chi connectivity index (χ4n) is 2.82. The van der Waals surface area contributed by atoms with Gasteiger partial charge in [-0.1, -0.05) is 26.3 Å². The van der Waals surface area contributed by atoms with Gasteiger partial charge in [0.25, 0.3) is 0 Å². The molecule has 1 N–H and O–H groups in total. The normalized spacial score (nSPS) is 11.1. The number of benzene rings is 1. The van der Waals surface area contributed by atoms with E-state index >= 15 is 0 Å². The van der Waals surface area contributed by atoms with Crippen LogP contribution in [0.4, 0.5) is 0 Å². The zero-order valence-corrected chi connectivity index (χ0v) is 14.8. The number of pyridine rings is 1. The number of fused-ring (bicyclic) bond motifs is 1. The fraction of sp³-hybridized carbons (Fsp3) is 0.300. The monoisotopic (exact) mass is 339 g/mol. The van der Waals surface area contributed by atoms with Crippen LogP contribution in [0, 0.1) is 0 Å². The quantitative estimate of drug-likeness (QED) is 0.639. The minimum atomic E-state index is -0.899. The molecule has 3 rings (SSSR count). The third-order valence-corrected chi connectivity index (χ3v) is 5.44. The van der Waals surface area contributed by atoms with Crippen molar-refractivity contribution in [2.45, 2.75) is 39.5 Å². The zero-order valence-electron chi connectivity index (χ0n) is 14.0. The minimum absolute atomic E-state index is 0.333. The molecule has 3 nitrogen and oxygen atoms in total. The molecule has 0 bridgehead atoms. The molecule has 0 amide bonds. The second-order valence-electron chi connectivity index (χ2n) is 5.93. The Hall–Kier alpha value is -2.20. The van der Waals surface area contributed by atoms with E-state index in [1.54, 1.807) is 17.4 Å². The Labute approximate surface area is 146 Å². The van der Waals surface area contributed by atoms with E-state index in [1.165, 1.54) is 10.4 Å². The third-order valence-electron chi connectivity index (χ3n) is 4.19. The van der Waals surface area contributed by atoms with Gasteiger partial charge < -0.3 is 5.11 Å². The van der Waals surface area contributed by atoms with Crippen LogP contribution in [-0.4, -0.2) is 16.1 Å². The number of aryl methyl sites for hydroxylation is 2. The predicted molar refractivity (Wildman–Crippen MR) is 100 cm³/mol. The summed E-state index contributed by atoms with van der Waals surface area (Å²) in [5.74, 6) is -0.899. The zero-order chi connectivity index (χ0) is 17.1. The van der Waals surface area contributed by atoms with E-state index in [1.807, 2.05) is 18.2 Å².